The lowest BCUT2D eigenvalue weighted by Crippen LogP contribution is -2.33. The maximum absolute atomic E-state index is 12.0. The van der Waals surface area contributed by atoms with Crippen LogP contribution in [0.3, 0.4) is 0 Å². The van der Waals surface area contributed by atoms with E-state index in [4.69, 9.17) is 4.74 Å². The van der Waals surface area contributed by atoms with Gasteiger partial charge in [0.15, 0.2) is 0 Å². The van der Waals surface area contributed by atoms with Crippen LogP contribution < -0.4 is 0 Å². The average molecular weight is 431 g/mol. The third-order valence-corrected chi connectivity index (χ3v) is 5.59. The Morgan fingerprint density at radius 2 is 2.04 bits per heavy atom. The van der Waals surface area contributed by atoms with Gasteiger partial charge in [-0.2, -0.15) is 0 Å². The molecule has 0 bridgehead atoms. The number of nitrogens with zero attached hydrogens (tertiary/aromatic N) is 2. The Labute approximate surface area is 167 Å². The number of carbonyl (C=O) groups is 1. The van der Waals surface area contributed by atoms with E-state index in [-0.39, 0.29) is 11.9 Å². The molecule has 1 atom stereocenters. The minimum atomic E-state index is -1.20. The molecule has 0 aliphatic heterocycles. The van der Waals surface area contributed by atoms with Crippen molar-refractivity contribution in [2.75, 3.05) is 7.11 Å². The van der Waals surface area contributed by atoms with E-state index >= 15 is 0 Å². The molecule has 1 aromatic heterocycles. The second-order valence-electron chi connectivity index (χ2n) is 7.04. The fraction of sp³-hybridized carbons (Fsp3) is 0.333. The van der Waals surface area contributed by atoms with Crippen LogP contribution in [0.4, 0.5) is 0 Å². The number of benzene rings is 2. The highest BCUT2D eigenvalue weighted by Crippen LogP contribution is 2.37. The van der Waals surface area contributed by atoms with E-state index < -0.39 is 5.60 Å². The van der Waals surface area contributed by atoms with Crippen LogP contribution in [-0.2, 0) is 22.7 Å². The molecule has 0 saturated carbocycles. The zero-order valence-electron chi connectivity index (χ0n) is 15.9. The summed E-state index contributed by atoms with van der Waals surface area (Å²) >= 11 is 3.44. The third kappa shape index (κ3) is 3.39. The monoisotopic (exact) mass is 430 g/mol. The van der Waals surface area contributed by atoms with Crippen LogP contribution in [0.15, 0.2) is 42.9 Å². The van der Waals surface area contributed by atoms with Crippen molar-refractivity contribution in [3.05, 3.63) is 65.2 Å². The van der Waals surface area contributed by atoms with Crippen LogP contribution in [0.1, 0.15) is 41.0 Å². The fourth-order valence-electron chi connectivity index (χ4n) is 3.38. The standard InChI is InChI=1S/C21H23BrN2O3/c1-13(2)21(26,19-11-24(3)12-23-19)17-6-5-14-9-18(20(25)27-4)16(10-22)7-15(14)8-17/h5-9,11-13,26H,10H2,1-4H3. The molecule has 0 saturated heterocycles. The van der Waals surface area contributed by atoms with Gasteiger partial charge in [-0.15, -0.1) is 0 Å². The Morgan fingerprint density at radius 1 is 1.30 bits per heavy atom. The third-order valence-electron chi connectivity index (χ3n) is 4.98. The molecule has 27 heavy (non-hydrogen) atoms. The topological polar surface area (TPSA) is 64.3 Å². The summed E-state index contributed by atoms with van der Waals surface area (Å²) in [7, 11) is 3.26. The first-order valence-corrected chi connectivity index (χ1v) is 9.85. The molecular formula is C21H23BrN2O3. The number of carbonyl (C=O) groups excluding carboxylic acids is 1. The van der Waals surface area contributed by atoms with Crippen molar-refractivity contribution in [2.45, 2.75) is 24.8 Å². The zero-order valence-corrected chi connectivity index (χ0v) is 17.4. The smallest absolute Gasteiger partial charge is 0.338 e. The van der Waals surface area contributed by atoms with Crippen molar-refractivity contribution in [1.29, 1.82) is 0 Å². The van der Waals surface area contributed by atoms with E-state index in [1.165, 1.54) is 7.11 Å². The van der Waals surface area contributed by atoms with Gasteiger partial charge in [0.25, 0.3) is 0 Å². The lowest BCUT2D eigenvalue weighted by molar-refractivity contribution is 0.0280. The highest BCUT2D eigenvalue weighted by molar-refractivity contribution is 9.08. The second kappa shape index (κ2) is 7.44. The second-order valence-corrected chi connectivity index (χ2v) is 7.60. The maximum Gasteiger partial charge on any atom is 0.338 e. The van der Waals surface area contributed by atoms with Gasteiger partial charge in [-0.3, -0.25) is 0 Å². The Bertz CT molecular complexity index is 996. The Morgan fingerprint density at radius 3 is 2.59 bits per heavy atom. The normalized spacial score (nSPS) is 13.7. The minimum Gasteiger partial charge on any atom is -0.465 e. The summed E-state index contributed by atoms with van der Waals surface area (Å²) in [5, 5.41) is 13.9. The maximum atomic E-state index is 12.0. The molecule has 3 rings (SSSR count). The molecule has 0 spiro atoms. The highest BCUT2D eigenvalue weighted by atomic mass is 79.9. The molecule has 0 fully saturated rings. The molecule has 5 nitrogen and oxygen atoms in total. The average Bonchev–Trinajstić information content (AvgIpc) is 3.11. The number of ether oxygens (including phenoxy) is 1. The van der Waals surface area contributed by atoms with Crippen LogP contribution >= 0.6 is 15.9 Å². The summed E-state index contributed by atoms with van der Waals surface area (Å²) in [6.45, 7) is 3.95. The van der Waals surface area contributed by atoms with Gasteiger partial charge in [0.05, 0.1) is 24.7 Å². The van der Waals surface area contributed by atoms with Crippen LogP contribution in [0.5, 0.6) is 0 Å². The van der Waals surface area contributed by atoms with Crippen molar-refractivity contribution in [3.63, 3.8) is 0 Å². The van der Waals surface area contributed by atoms with E-state index in [1.807, 2.05) is 62.0 Å². The first kappa shape index (κ1) is 19.6. The lowest BCUT2D eigenvalue weighted by Gasteiger charge is -2.31. The molecule has 142 valence electrons. The number of methoxy groups -OCH3 is 1. The number of imidazole rings is 1. The SMILES string of the molecule is COC(=O)c1cc2ccc(C(O)(c3cn(C)cn3)C(C)C)cc2cc1CBr. The van der Waals surface area contributed by atoms with Gasteiger partial charge >= 0.3 is 5.97 Å². The molecule has 0 radical (unpaired) electrons. The number of rotatable bonds is 5. The summed E-state index contributed by atoms with van der Waals surface area (Å²) in [5.74, 6) is -0.433. The summed E-state index contributed by atoms with van der Waals surface area (Å²) in [6.07, 6.45) is 3.53. The molecule has 2 aromatic carbocycles. The molecule has 6 heteroatoms. The summed E-state index contributed by atoms with van der Waals surface area (Å²) in [6, 6.07) is 9.57. The number of esters is 1. The van der Waals surface area contributed by atoms with Crippen molar-refractivity contribution in [2.24, 2.45) is 13.0 Å². The molecule has 3 aromatic rings. The number of hydrogen-bond donors (Lipinski definition) is 1. The van der Waals surface area contributed by atoms with Crippen LogP contribution in [0.2, 0.25) is 0 Å². The van der Waals surface area contributed by atoms with E-state index in [0.717, 1.165) is 21.9 Å². The molecule has 0 aliphatic carbocycles. The van der Waals surface area contributed by atoms with Crippen molar-refractivity contribution in [1.82, 2.24) is 9.55 Å². The van der Waals surface area contributed by atoms with Crippen molar-refractivity contribution < 1.29 is 14.6 Å². The fourth-order valence-corrected chi connectivity index (χ4v) is 3.84. The van der Waals surface area contributed by atoms with Gasteiger partial charge in [0.2, 0.25) is 0 Å². The molecular weight excluding hydrogens is 408 g/mol. The van der Waals surface area contributed by atoms with Gasteiger partial charge in [0, 0.05) is 18.6 Å². The highest BCUT2D eigenvalue weighted by Gasteiger charge is 2.37. The number of alkyl halides is 1. The van der Waals surface area contributed by atoms with Crippen LogP contribution in [0.25, 0.3) is 10.8 Å². The Balaban J connectivity index is 2.19. The quantitative estimate of drug-likeness (QED) is 0.487. The lowest BCUT2D eigenvalue weighted by atomic mass is 9.80. The first-order chi connectivity index (χ1) is 12.8. The van der Waals surface area contributed by atoms with Crippen LogP contribution in [-0.4, -0.2) is 27.7 Å². The molecule has 0 amide bonds. The van der Waals surface area contributed by atoms with Crippen molar-refractivity contribution >= 4 is 32.7 Å². The molecule has 0 aliphatic rings. The van der Waals surface area contributed by atoms with E-state index in [0.29, 0.717) is 16.6 Å². The minimum absolute atomic E-state index is 0.0742. The number of aliphatic hydroxyl groups is 1. The number of fused-ring (bicyclic) bond motifs is 1. The number of aryl methyl sites for hydroxylation is 1. The largest absolute Gasteiger partial charge is 0.465 e. The van der Waals surface area contributed by atoms with Gasteiger partial charge in [0.1, 0.15) is 5.60 Å². The number of halogens is 1. The first-order valence-electron chi connectivity index (χ1n) is 8.73. The van der Waals surface area contributed by atoms with Gasteiger partial charge in [-0.1, -0.05) is 41.9 Å². The van der Waals surface area contributed by atoms with Crippen molar-refractivity contribution in [3.8, 4) is 0 Å². The summed E-state index contributed by atoms with van der Waals surface area (Å²) in [5.41, 5.74) is 1.57. The van der Waals surface area contributed by atoms with E-state index in [2.05, 4.69) is 20.9 Å². The Hall–Kier alpha value is -2.18. The van der Waals surface area contributed by atoms with Gasteiger partial charge in [-0.25, -0.2) is 9.78 Å². The molecule has 1 N–H and O–H groups in total. The Kier molecular flexibility index (Phi) is 5.40. The predicted octanol–water partition coefficient (Wildman–Crippen LogP) is 4.15. The number of aromatic nitrogens is 2. The van der Waals surface area contributed by atoms with Gasteiger partial charge < -0.3 is 14.4 Å². The summed E-state index contributed by atoms with van der Waals surface area (Å²) in [4.78, 5) is 16.4. The summed E-state index contributed by atoms with van der Waals surface area (Å²) < 4.78 is 6.72. The molecule has 1 heterocycles. The zero-order chi connectivity index (χ0) is 19.8. The number of hydrogen-bond acceptors (Lipinski definition) is 4. The van der Waals surface area contributed by atoms with Crippen LogP contribution in [0, 0.1) is 5.92 Å². The van der Waals surface area contributed by atoms with E-state index in [9.17, 15) is 9.90 Å². The van der Waals surface area contributed by atoms with Gasteiger partial charge in [-0.05, 0) is 46.0 Å². The predicted molar refractivity (Wildman–Crippen MR) is 109 cm³/mol. The van der Waals surface area contributed by atoms with E-state index in [1.54, 1.807) is 6.33 Å². The molecule has 1 unspecified atom stereocenters.